The van der Waals surface area contributed by atoms with Gasteiger partial charge < -0.3 is 0 Å². The van der Waals surface area contributed by atoms with Crippen LogP contribution in [0.2, 0.25) is 0 Å². The number of nitrogens with zero attached hydrogens (tertiary/aromatic N) is 1. The molecule has 0 fully saturated rings. The lowest BCUT2D eigenvalue weighted by molar-refractivity contribution is 0.607. The van der Waals surface area contributed by atoms with Crippen molar-refractivity contribution in [1.29, 1.82) is 0 Å². The third kappa shape index (κ3) is 5.34. The van der Waals surface area contributed by atoms with Crippen LogP contribution in [0.1, 0.15) is 56.6 Å². The number of unbranched alkanes of at least 4 members (excludes halogenated alkanes) is 5. The first-order valence-corrected chi connectivity index (χ1v) is 8.31. The molecule has 1 nitrogen and oxygen atoms in total. The van der Waals surface area contributed by atoms with Gasteiger partial charge in [0.2, 0.25) is 0 Å². The van der Waals surface area contributed by atoms with Gasteiger partial charge >= 0.3 is 0 Å². The van der Waals surface area contributed by atoms with Crippen molar-refractivity contribution in [1.82, 2.24) is 4.98 Å². The van der Waals surface area contributed by atoms with Gasteiger partial charge in [0.05, 0.1) is 5.69 Å². The number of aromatic nitrogens is 1. The third-order valence-corrected chi connectivity index (χ3v) is 3.99. The van der Waals surface area contributed by atoms with Crippen molar-refractivity contribution in [2.75, 3.05) is 0 Å². The zero-order valence-electron chi connectivity index (χ0n) is 13.4. The van der Waals surface area contributed by atoms with E-state index in [9.17, 15) is 0 Å². The number of rotatable bonds is 8. The fraction of sp³-hybridized carbons (Fsp3) is 0.450. The van der Waals surface area contributed by atoms with E-state index in [4.69, 9.17) is 0 Å². The predicted molar refractivity (Wildman–Crippen MR) is 91.5 cm³/mol. The summed E-state index contributed by atoms with van der Waals surface area (Å²) in [6.07, 6.45) is 11.3. The van der Waals surface area contributed by atoms with Crippen molar-refractivity contribution in [2.45, 2.75) is 58.8 Å². The van der Waals surface area contributed by atoms with Gasteiger partial charge in [-0.05, 0) is 31.4 Å². The predicted octanol–water partition coefficient (Wildman–Crippen LogP) is 5.96. The van der Waals surface area contributed by atoms with Crippen LogP contribution in [0.15, 0.2) is 42.6 Å². The minimum absolute atomic E-state index is 1.07. The summed E-state index contributed by atoms with van der Waals surface area (Å²) in [6, 6.07) is 12.9. The van der Waals surface area contributed by atoms with Crippen LogP contribution in [0.25, 0.3) is 11.3 Å². The lowest BCUT2D eigenvalue weighted by Crippen LogP contribution is -1.90. The minimum Gasteiger partial charge on any atom is -0.256 e. The van der Waals surface area contributed by atoms with Gasteiger partial charge in [-0.25, -0.2) is 0 Å². The Morgan fingerprint density at radius 1 is 0.810 bits per heavy atom. The first kappa shape index (κ1) is 15.8. The Bertz CT molecular complexity index is 511. The molecule has 112 valence electrons. The Hall–Kier alpha value is -1.63. The maximum atomic E-state index is 4.61. The molecular weight excluding hydrogens is 254 g/mol. The Morgan fingerprint density at radius 3 is 2.19 bits per heavy atom. The molecule has 0 radical (unpaired) electrons. The van der Waals surface area contributed by atoms with Crippen LogP contribution < -0.4 is 0 Å². The highest BCUT2D eigenvalue weighted by Gasteiger charge is 2.00. The normalized spacial score (nSPS) is 10.8. The highest BCUT2D eigenvalue weighted by atomic mass is 14.7. The van der Waals surface area contributed by atoms with Crippen molar-refractivity contribution in [3.8, 4) is 11.3 Å². The van der Waals surface area contributed by atoms with E-state index in [1.54, 1.807) is 0 Å². The molecule has 1 heteroatoms. The molecular formula is C20H27N. The van der Waals surface area contributed by atoms with E-state index in [1.165, 1.54) is 55.2 Å². The van der Waals surface area contributed by atoms with E-state index in [1.807, 2.05) is 6.20 Å². The molecule has 1 aromatic heterocycles. The lowest BCUT2D eigenvalue weighted by Gasteiger charge is -2.05. The smallest absolute Gasteiger partial charge is 0.0702 e. The van der Waals surface area contributed by atoms with Crippen molar-refractivity contribution in [2.24, 2.45) is 0 Å². The van der Waals surface area contributed by atoms with Crippen LogP contribution in [-0.2, 0) is 6.42 Å². The topological polar surface area (TPSA) is 12.9 Å². The van der Waals surface area contributed by atoms with Crippen LogP contribution >= 0.6 is 0 Å². The molecule has 0 amide bonds. The van der Waals surface area contributed by atoms with Gasteiger partial charge in [-0.1, -0.05) is 74.9 Å². The fourth-order valence-electron chi connectivity index (χ4n) is 2.58. The summed E-state index contributed by atoms with van der Waals surface area (Å²) in [5.41, 5.74) is 4.92. The van der Waals surface area contributed by atoms with Gasteiger partial charge in [-0.3, -0.25) is 4.98 Å². The van der Waals surface area contributed by atoms with E-state index in [0.29, 0.717) is 0 Å². The lowest BCUT2D eigenvalue weighted by atomic mass is 10.0. The average Bonchev–Trinajstić information content (AvgIpc) is 2.52. The van der Waals surface area contributed by atoms with Gasteiger partial charge in [0.15, 0.2) is 0 Å². The van der Waals surface area contributed by atoms with Gasteiger partial charge in [0.25, 0.3) is 0 Å². The highest BCUT2D eigenvalue weighted by molar-refractivity contribution is 5.59. The Labute approximate surface area is 129 Å². The number of hydrogen-bond donors (Lipinski definition) is 0. The molecule has 1 aromatic carbocycles. The maximum Gasteiger partial charge on any atom is 0.0702 e. The Balaban J connectivity index is 1.80. The molecule has 1 heterocycles. The SMILES string of the molecule is CCCCCCCCc1ccc(-c2ccc(C)cc2)nc1. The summed E-state index contributed by atoms with van der Waals surface area (Å²) in [5, 5.41) is 0. The van der Waals surface area contributed by atoms with Crippen molar-refractivity contribution >= 4 is 0 Å². The summed E-state index contributed by atoms with van der Waals surface area (Å²) in [7, 11) is 0. The first-order chi connectivity index (χ1) is 10.3. The summed E-state index contributed by atoms with van der Waals surface area (Å²) in [6.45, 7) is 4.38. The monoisotopic (exact) mass is 281 g/mol. The molecule has 0 aliphatic heterocycles. The second-order valence-electron chi connectivity index (χ2n) is 5.94. The zero-order chi connectivity index (χ0) is 14.9. The van der Waals surface area contributed by atoms with Crippen molar-refractivity contribution in [3.05, 3.63) is 53.7 Å². The molecule has 2 rings (SSSR count). The van der Waals surface area contributed by atoms with Gasteiger partial charge in [0.1, 0.15) is 0 Å². The number of benzene rings is 1. The van der Waals surface area contributed by atoms with Gasteiger partial charge in [-0.15, -0.1) is 0 Å². The second-order valence-corrected chi connectivity index (χ2v) is 5.94. The molecule has 0 atom stereocenters. The first-order valence-electron chi connectivity index (χ1n) is 8.31. The van der Waals surface area contributed by atoms with Gasteiger partial charge in [-0.2, -0.15) is 0 Å². The fourth-order valence-corrected chi connectivity index (χ4v) is 2.58. The number of aryl methyl sites for hydroxylation is 2. The Kier molecular flexibility index (Phi) is 6.46. The molecule has 21 heavy (non-hydrogen) atoms. The molecule has 0 unspecified atom stereocenters. The van der Waals surface area contributed by atoms with Crippen LogP contribution in [0.4, 0.5) is 0 Å². The van der Waals surface area contributed by atoms with Crippen LogP contribution in [0.3, 0.4) is 0 Å². The molecule has 0 N–H and O–H groups in total. The molecule has 0 bridgehead atoms. The van der Waals surface area contributed by atoms with E-state index >= 15 is 0 Å². The van der Waals surface area contributed by atoms with E-state index in [0.717, 1.165) is 12.1 Å². The van der Waals surface area contributed by atoms with E-state index < -0.39 is 0 Å². The van der Waals surface area contributed by atoms with Crippen molar-refractivity contribution < 1.29 is 0 Å². The largest absolute Gasteiger partial charge is 0.256 e. The molecule has 0 aliphatic rings. The summed E-state index contributed by atoms with van der Waals surface area (Å²) >= 11 is 0. The molecule has 0 aliphatic carbocycles. The minimum atomic E-state index is 1.07. The summed E-state index contributed by atoms with van der Waals surface area (Å²) in [4.78, 5) is 4.61. The van der Waals surface area contributed by atoms with E-state index in [2.05, 4.69) is 55.2 Å². The average molecular weight is 281 g/mol. The highest BCUT2D eigenvalue weighted by Crippen LogP contribution is 2.18. The van der Waals surface area contributed by atoms with Crippen LogP contribution in [0.5, 0.6) is 0 Å². The Morgan fingerprint density at radius 2 is 1.52 bits per heavy atom. The summed E-state index contributed by atoms with van der Waals surface area (Å²) in [5.74, 6) is 0. The second kappa shape index (κ2) is 8.61. The standard InChI is InChI=1S/C20H27N/c1-3-4-5-6-7-8-9-18-12-15-20(21-16-18)19-13-10-17(2)11-14-19/h10-16H,3-9H2,1-2H3. The number of pyridine rings is 1. The molecule has 0 saturated heterocycles. The summed E-state index contributed by atoms with van der Waals surface area (Å²) < 4.78 is 0. The third-order valence-electron chi connectivity index (χ3n) is 3.99. The molecule has 0 spiro atoms. The van der Waals surface area contributed by atoms with Gasteiger partial charge in [0, 0.05) is 11.8 Å². The van der Waals surface area contributed by atoms with Crippen LogP contribution in [0, 0.1) is 6.92 Å². The zero-order valence-corrected chi connectivity index (χ0v) is 13.4. The molecule has 2 aromatic rings. The maximum absolute atomic E-state index is 4.61. The van der Waals surface area contributed by atoms with Crippen LogP contribution in [-0.4, -0.2) is 4.98 Å². The molecule has 0 saturated carbocycles. The van der Waals surface area contributed by atoms with E-state index in [-0.39, 0.29) is 0 Å². The number of hydrogen-bond acceptors (Lipinski definition) is 1. The quantitative estimate of drug-likeness (QED) is 0.544. The van der Waals surface area contributed by atoms with Crippen molar-refractivity contribution in [3.63, 3.8) is 0 Å².